The summed E-state index contributed by atoms with van der Waals surface area (Å²) in [5.41, 5.74) is 11.5. The fourth-order valence-corrected chi connectivity index (χ4v) is 5.54. The lowest BCUT2D eigenvalue weighted by Gasteiger charge is -2.06. The van der Waals surface area contributed by atoms with Gasteiger partial charge in [0.15, 0.2) is 0 Å². The van der Waals surface area contributed by atoms with Gasteiger partial charge in [0.05, 0.1) is 0 Å². The van der Waals surface area contributed by atoms with Crippen LogP contribution in [0.4, 0.5) is 0 Å². The molecule has 0 fully saturated rings. The third-order valence-electron chi connectivity index (χ3n) is 9.78. The zero-order chi connectivity index (χ0) is 50.2. The van der Waals surface area contributed by atoms with Gasteiger partial charge in [0.2, 0.25) is 0 Å². The summed E-state index contributed by atoms with van der Waals surface area (Å²) >= 11 is 0. The Hall–Kier alpha value is -3.80. The molecule has 4 nitrogen and oxygen atoms in total. The normalized spacial score (nSPS) is 11.4. The van der Waals surface area contributed by atoms with Gasteiger partial charge in [0, 0.05) is 0 Å². The minimum atomic E-state index is 1.10. The van der Waals surface area contributed by atoms with Crippen molar-refractivity contribution in [2.45, 2.75) is 136 Å². The molecule has 0 aliphatic heterocycles. The van der Waals surface area contributed by atoms with Crippen molar-refractivity contribution in [1.29, 1.82) is 0 Å². The van der Waals surface area contributed by atoms with E-state index in [-0.39, 0.29) is 0 Å². The Morgan fingerprint density at radius 3 is 0.547 bits per heavy atom. The first-order chi connectivity index (χ1) is 30.9. The second kappa shape index (κ2) is 43.1. The number of benzene rings is 4. The average molecular weight is 882 g/mol. The molecular weight excluding hydrogens is 777 g/mol. The summed E-state index contributed by atoms with van der Waals surface area (Å²) in [6.45, 7) is 37.1. The van der Waals surface area contributed by atoms with Gasteiger partial charge in [0.25, 0.3) is 0 Å². The molecule has 0 N–H and O–H groups in total. The van der Waals surface area contributed by atoms with Crippen LogP contribution in [0.3, 0.4) is 0 Å². The predicted molar refractivity (Wildman–Crippen MR) is 304 cm³/mol. The van der Waals surface area contributed by atoms with Gasteiger partial charge in [-0.1, -0.05) is 184 Å². The molecule has 0 heterocycles. The molecule has 64 heavy (non-hydrogen) atoms. The van der Waals surface area contributed by atoms with E-state index in [1.54, 1.807) is 0 Å². The van der Waals surface area contributed by atoms with Crippen LogP contribution >= 0.6 is 0 Å². The van der Waals surface area contributed by atoms with Crippen LogP contribution in [0.5, 0.6) is 0 Å². The second-order valence-electron chi connectivity index (χ2n) is 14.9. The van der Waals surface area contributed by atoms with Crippen LogP contribution in [0.2, 0.25) is 0 Å². The highest BCUT2D eigenvalue weighted by Crippen LogP contribution is 2.32. The highest BCUT2D eigenvalue weighted by atomic mass is 15.0. The van der Waals surface area contributed by atoms with E-state index in [1.165, 1.54) is 66.1 Å². The lowest BCUT2D eigenvalue weighted by molar-refractivity contribution is 0.434. The summed E-state index contributed by atoms with van der Waals surface area (Å²) in [7, 11) is 16.4. The Labute approximate surface area is 400 Å². The first-order valence-corrected chi connectivity index (χ1v) is 25.3. The molecule has 4 aromatic rings. The molecule has 0 spiro atoms. The number of fused-ring (bicyclic) bond motifs is 6. The molecule has 0 amide bonds. The fraction of sp³-hybridized carbons (Fsp3) is 0.533. The molecule has 4 aliphatic carbocycles. The summed E-state index contributed by atoms with van der Waals surface area (Å²) in [6, 6.07) is 18.7. The van der Waals surface area contributed by atoms with Crippen LogP contribution in [0.15, 0.2) is 72.8 Å². The van der Waals surface area contributed by atoms with Crippen molar-refractivity contribution < 1.29 is 0 Å². The van der Waals surface area contributed by atoms with Crippen molar-refractivity contribution in [3.63, 3.8) is 0 Å². The van der Waals surface area contributed by atoms with Crippen LogP contribution in [0, 0.1) is 0 Å². The molecule has 364 valence electrons. The van der Waals surface area contributed by atoms with Crippen LogP contribution < -0.4 is 0 Å². The lowest BCUT2D eigenvalue weighted by atomic mass is 9.98. The Morgan fingerprint density at radius 1 is 0.281 bits per heavy atom. The zero-order valence-electron chi connectivity index (χ0n) is 46.7. The van der Waals surface area contributed by atoms with E-state index in [9.17, 15) is 0 Å². The van der Waals surface area contributed by atoms with Crippen LogP contribution in [0.1, 0.15) is 155 Å². The second-order valence-corrected chi connectivity index (χ2v) is 14.9. The Bertz CT molecular complexity index is 1570. The van der Waals surface area contributed by atoms with Gasteiger partial charge < -0.3 is 19.6 Å². The van der Waals surface area contributed by atoms with E-state index in [1.807, 2.05) is 83.1 Å². The Morgan fingerprint density at radius 2 is 0.422 bits per heavy atom. The maximum absolute atomic E-state index is 2.34. The SMILES string of the molecule is C1=Cc2cc3cc4c(cc3cc2C1)C=CC4.C1=Cc2cc3cc4c(cc3cc2C1)C=CC4.CC.CC.CC.CC.CC.CC.CCN(C)C.CCN(C)C.CCN(C)C.CCN(C)C. The van der Waals surface area contributed by atoms with E-state index in [0.717, 1.165) is 51.9 Å². The zero-order valence-corrected chi connectivity index (χ0v) is 46.7. The maximum Gasteiger partial charge on any atom is -0.00533 e. The third kappa shape index (κ3) is 26.9. The van der Waals surface area contributed by atoms with Gasteiger partial charge in [0.1, 0.15) is 0 Å². The van der Waals surface area contributed by atoms with E-state index in [0.29, 0.717) is 0 Å². The van der Waals surface area contributed by atoms with Crippen molar-refractivity contribution >= 4 is 45.8 Å². The van der Waals surface area contributed by atoms with Gasteiger partial charge in [-0.2, -0.15) is 0 Å². The largest absolute Gasteiger partial charge is 0.310 e. The van der Waals surface area contributed by atoms with Crippen molar-refractivity contribution in [2.75, 3.05) is 82.6 Å². The van der Waals surface area contributed by atoms with Gasteiger partial charge in [-0.25, -0.2) is 0 Å². The average Bonchev–Trinajstić information content (AvgIpc) is 4.19. The molecule has 8 rings (SSSR count). The highest BCUT2D eigenvalue weighted by molar-refractivity contribution is 5.91. The molecular formula is C60H104N4. The van der Waals surface area contributed by atoms with Crippen LogP contribution in [-0.2, 0) is 25.7 Å². The van der Waals surface area contributed by atoms with E-state index in [2.05, 4.69) is 201 Å². The maximum atomic E-state index is 2.34. The molecule has 0 atom stereocenters. The monoisotopic (exact) mass is 881 g/mol. The van der Waals surface area contributed by atoms with Crippen molar-refractivity contribution in [3.05, 3.63) is 117 Å². The minimum Gasteiger partial charge on any atom is -0.310 e. The van der Waals surface area contributed by atoms with Crippen molar-refractivity contribution in [3.8, 4) is 0 Å². The summed E-state index contributed by atoms with van der Waals surface area (Å²) in [5, 5.41) is 5.53. The fourth-order valence-electron chi connectivity index (χ4n) is 5.54. The van der Waals surface area contributed by atoms with Gasteiger partial charge >= 0.3 is 0 Å². The summed E-state index contributed by atoms with van der Waals surface area (Å²) in [6.07, 6.45) is 22.3. The summed E-state index contributed by atoms with van der Waals surface area (Å²) < 4.78 is 0. The highest BCUT2D eigenvalue weighted by Gasteiger charge is 2.12. The Kier molecular flexibility index (Phi) is 45.0. The molecule has 4 heteroatoms. The number of hydrogen-bond donors (Lipinski definition) is 0. The number of rotatable bonds is 4. The smallest absolute Gasteiger partial charge is 0.00533 e. The van der Waals surface area contributed by atoms with Gasteiger partial charge in [-0.05, 0) is 199 Å². The molecule has 4 aromatic carbocycles. The van der Waals surface area contributed by atoms with Gasteiger partial charge in [-0.15, -0.1) is 0 Å². The van der Waals surface area contributed by atoms with E-state index >= 15 is 0 Å². The molecule has 0 aromatic heterocycles. The minimum absolute atomic E-state index is 1.10. The molecule has 0 bridgehead atoms. The molecule has 0 unspecified atom stereocenters. The topological polar surface area (TPSA) is 13.0 Å². The van der Waals surface area contributed by atoms with Crippen molar-refractivity contribution in [1.82, 2.24) is 19.6 Å². The quantitative estimate of drug-likeness (QED) is 0.202. The lowest BCUT2D eigenvalue weighted by Crippen LogP contribution is -2.08. The molecule has 0 radical (unpaired) electrons. The van der Waals surface area contributed by atoms with Crippen LogP contribution in [-0.4, -0.2) is 102 Å². The van der Waals surface area contributed by atoms with Crippen molar-refractivity contribution in [2.24, 2.45) is 0 Å². The Balaban J connectivity index is -0.000000348. The predicted octanol–water partition coefficient (Wildman–Crippen LogP) is 16.4. The standard InChI is InChI=1S/2C16H12.4C4H11N.6C2H6/c2*1-3-11-7-15-9-13-5-2-6-14(13)10-16(15)8-12(11)4-1;4*1-4-5(2)3;6*1-2/h2*1-3,6-10H,4-5H2;4*4H2,1-3H3;6*1-2H3. The number of hydrogen-bond acceptors (Lipinski definition) is 4. The summed E-state index contributed by atoms with van der Waals surface area (Å²) in [5.74, 6) is 0. The number of nitrogens with zero attached hydrogens (tertiary/aromatic N) is 4. The summed E-state index contributed by atoms with van der Waals surface area (Å²) in [4.78, 5) is 8.50. The number of allylic oxidation sites excluding steroid dienone is 4. The van der Waals surface area contributed by atoms with E-state index < -0.39 is 0 Å². The molecule has 4 aliphatic rings. The molecule has 0 saturated heterocycles. The van der Waals surface area contributed by atoms with Gasteiger partial charge in [-0.3, -0.25) is 0 Å². The first kappa shape index (κ1) is 66.8. The first-order valence-electron chi connectivity index (χ1n) is 25.3. The third-order valence-corrected chi connectivity index (χ3v) is 9.78. The van der Waals surface area contributed by atoms with E-state index in [4.69, 9.17) is 0 Å². The van der Waals surface area contributed by atoms with Crippen LogP contribution in [0.25, 0.3) is 45.8 Å². The molecule has 0 saturated carbocycles.